The second-order valence-corrected chi connectivity index (χ2v) is 5.74. The van der Waals surface area contributed by atoms with E-state index in [2.05, 4.69) is 6.92 Å². The monoisotopic (exact) mass is 248 g/mol. The molecule has 0 amide bonds. The largest absolute Gasteiger partial charge is 0.478 e. The van der Waals surface area contributed by atoms with Gasteiger partial charge in [-0.2, -0.15) is 0 Å². The van der Waals surface area contributed by atoms with Gasteiger partial charge in [-0.3, -0.25) is 0 Å². The molecule has 1 fully saturated rings. The average Bonchev–Trinajstić information content (AvgIpc) is 2.88. The fraction of sp³-hybridized carbons (Fsp3) is 0.571. The van der Waals surface area contributed by atoms with Gasteiger partial charge in [0.2, 0.25) is 0 Å². The number of hydrogen-bond acceptors (Lipinski definition) is 2. The minimum absolute atomic E-state index is 0.136. The Hall–Kier alpha value is -1.58. The van der Waals surface area contributed by atoms with Crippen LogP contribution in [0.15, 0.2) is 23.3 Å². The Bertz CT molecular complexity index is 502. The van der Waals surface area contributed by atoms with Crippen LogP contribution in [-0.2, 0) is 9.59 Å². The van der Waals surface area contributed by atoms with Gasteiger partial charge < -0.3 is 10.2 Å². The molecule has 4 unspecified atom stereocenters. The molecule has 0 radical (unpaired) electrons. The molecule has 3 aliphatic carbocycles. The average molecular weight is 248 g/mol. The van der Waals surface area contributed by atoms with Crippen molar-refractivity contribution in [1.82, 2.24) is 0 Å². The summed E-state index contributed by atoms with van der Waals surface area (Å²) in [7, 11) is 0. The van der Waals surface area contributed by atoms with E-state index in [-0.39, 0.29) is 17.3 Å². The van der Waals surface area contributed by atoms with Crippen LogP contribution < -0.4 is 0 Å². The van der Waals surface area contributed by atoms with Crippen LogP contribution in [0.1, 0.15) is 26.2 Å². The van der Waals surface area contributed by atoms with Crippen LogP contribution in [0.5, 0.6) is 0 Å². The van der Waals surface area contributed by atoms with E-state index in [4.69, 9.17) is 5.11 Å². The van der Waals surface area contributed by atoms with Gasteiger partial charge in [0.1, 0.15) is 0 Å². The van der Waals surface area contributed by atoms with Crippen molar-refractivity contribution in [2.75, 3.05) is 0 Å². The van der Waals surface area contributed by atoms with E-state index in [0.717, 1.165) is 12.8 Å². The lowest BCUT2D eigenvalue weighted by atomic mass is 9.69. The maximum absolute atomic E-state index is 11.3. The first-order valence-electron chi connectivity index (χ1n) is 6.37. The highest BCUT2D eigenvalue weighted by atomic mass is 16.4. The van der Waals surface area contributed by atoms with Crippen molar-refractivity contribution >= 4 is 11.9 Å². The molecule has 0 aromatic heterocycles. The SMILES string of the molecule is CC1CCC2C=C(C(=O)O)C3CC(C(=O)O)=CC123. The summed E-state index contributed by atoms with van der Waals surface area (Å²) in [5, 5.41) is 18.4. The molecule has 18 heavy (non-hydrogen) atoms. The van der Waals surface area contributed by atoms with Gasteiger partial charge >= 0.3 is 11.9 Å². The van der Waals surface area contributed by atoms with Crippen molar-refractivity contribution in [3.8, 4) is 0 Å². The van der Waals surface area contributed by atoms with E-state index in [1.54, 1.807) is 0 Å². The first-order valence-corrected chi connectivity index (χ1v) is 6.37. The zero-order chi connectivity index (χ0) is 13.1. The number of carboxylic acids is 2. The number of allylic oxidation sites excluding steroid dienone is 2. The quantitative estimate of drug-likeness (QED) is 0.784. The van der Waals surface area contributed by atoms with Gasteiger partial charge in [-0.1, -0.05) is 19.1 Å². The Morgan fingerprint density at radius 2 is 2.00 bits per heavy atom. The van der Waals surface area contributed by atoms with Crippen LogP contribution in [0.25, 0.3) is 0 Å². The standard InChI is InChI=1S/C14H16O4/c1-7-2-3-9-5-10(13(17)18)11-4-8(12(15)16)6-14(7,9)11/h5-7,9,11H,2-4H2,1H3,(H,15,16)(H,17,18). The highest BCUT2D eigenvalue weighted by molar-refractivity contribution is 5.92. The number of carbonyl (C=O) groups is 2. The third kappa shape index (κ3) is 1.21. The third-order valence-electron chi connectivity index (χ3n) is 5.14. The van der Waals surface area contributed by atoms with Crippen LogP contribution in [0.2, 0.25) is 0 Å². The summed E-state index contributed by atoms with van der Waals surface area (Å²) in [6.45, 7) is 2.12. The zero-order valence-electron chi connectivity index (χ0n) is 10.2. The van der Waals surface area contributed by atoms with Gasteiger partial charge in [0.05, 0.1) is 0 Å². The van der Waals surface area contributed by atoms with Gasteiger partial charge in [0.25, 0.3) is 0 Å². The van der Waals surface area contributed by atoms with Crippen molar-refractivity contribution in [3.63, 3.8) is 0 Å². The summed E-state index contributed by atoms with van der Waals surface area (Å²) >= 11 is 0. The molecular formula is C14H16O4. The summed E-state index contributed by atoms with van der Waals surface area (Å²) in [6.07, 6.45) is 6.14. The molecule has 4 heteroatoms. The fourth-order valence-corrected chi connectivity index (χ4v) is 4.31. The Morgan fingerprint density at radius 1 is 1.28 bits per heavy atom. The van der Waals surface area contributed by atoms with Gasteiger partial charge in [-0.25, -0.2) is 9.59 Å². The first kappa shape index (κ1) is 11.5. The van der Waals surface area contributed by atoms with Crippen LogP contribution in [-0.4, -0.2) is 22.2 Å². The van der Waals surface area contributed by atoms with Crippen molar-refractivity contribution in [2.45, 2.75) is 26.2 Å². The topological polar surface area (TPSA) is 74.6 Å². The summed E-state index contributed by atoms with van der Waals surface area (Å²) < 4.78 is 0. The number of rotatable bonds is 2. The lowest BCUT2D eigenvalue weighted by Crippen LogP contribution is -2.31. The Morgan fingerprint density at radius 3 is 2.61 bits per heavy atom. The van der Waals surface area contributed by atoms with E-state index in [0.29, 0.717) is 23.5 Å². The minimum Gasteiger partial charge on any atom is -0.478 e. The zero-order valence-corrected chi connectivity index (χ0v) is 10.2. The van der Waals surface area contributed by atoms with E-state index in [9.17, 15) is 14.7 Å². The van der Waals surface area contributed by atoms with Crippen LogP contribution in [0.4, 0.5) is 0 Å². The van der Waals surface area contributed by atoms with Gasteiger partial charge in [0.15, 0.2) is 0 Å². The van der Waals surface area contributed by atoms with Crippen molar-refractivity contribution in [1.29, 1.82) is 0 Å². The fourth-order valence-electron chi connectivity index (χ4n) is 4.31. The molecule has 0 saturated heterocycles. The normalized spacial score (nSPS) is 41.1. The maximum Gasteiger partial charge on any atom is 0.331 e. The van der Waals surface area contributed by atoms with Crippen molar-refractivity contribution in [3.05, 3.63) is 23.3 Å². The highest BCUT2D eigenvalue weighted by Crippen LogP contribution is 2.65. The summed E-state index contributed by atoms with van der Waals surface area (Å²) in [5.74, 6) is -1.36. The van der Waals surface area contributed by atoms with Gasteiger partial charge in [0, 0.05) is 22.5 Å². The first-order chi connectivity index (χ1) is 8.46. The molecule has 1 spiro atoms. The van der Waals surface area contributed by atoms with Crippen molar-refractivity contribution in [2.24, 2.45) is 23.2 Å². The molecule has 1 saturated carbocycles. The summed E-state index contributed by atoms with van der Waals surface area (Å²) in [5.41, 5.74) is 0.589. The second kappa shape index (κ2) is 3.46. The molecule has 0 bridgehead atoms. The summed E-state index contributed by atoms with van der Waals surface area (Å²) in [6, 6.07) is 0. The predicted molar refractivity (Wildman–Crippen MR) is 63.9 cm³/mol. The van der Waals surface area contributed by atoms with Gasteiger partial charge in [-0.05, 0) is 31.1 Å². The molecule has 96 valence electrons. The van der Waals surface area contributed by atoms with Crippen LogP contribution >= 0.6 is 0 Å². The van der Waals surface area contributed by atoms with Crippen molar-refractivity contribution < 1.29 is 19.8 Å². The van der Waals surface area contributed by atoms with E-state index in [1.807, 2.05) is 12.2 Å². The van der Waals surface area contributed by atoms with E-state index in [1.165, 1.54) is 0 Å². The van der Waals surface area contributed by atoms with Gasteiger partial charge in [-0.15, -0.1) is 0 Å². The Labute approximate surface area is 105 Å². The third-order valence-corrected chi connectivity index (χ3v) is 5.14. The minimum atomic E-state index is -0.902. The Kier molecular flexibility index (Phi) is 2.22. The van der Waals surface area contributed by atoms with Crippen LogP contribution in [0.3, 0.4) is 0 Å². The smallest absolute Gasteiger partial charge is 0.331 e. The molecule has 0 aromatic rings. The van der Waals surface area contributed by atoms with E-state index < -0.39 is 11.9 Å². The molecule has 0 aliphatic heterocycles. The molecule has 3 rings (SSSR count). The molecule has 2 N–H and O–H groups in total. The molecule has 4 atom stereocenters. The number of carboxylic acid groups (broad SMARTS) is 2. The molecular weight excluding hydrogens is 232 g/mol. The van der Waals surface area contributed by atoms with E-state index >= 15 is 0 Å². The molecule has 3 aliphatic rings. The predicted octanol–water partition coefficient (Wildman–Crippen LogP) is 2.07. The highest BCUT2D eigenvalue weighted by Gasteiger charge is 2.59. The summed E-state index contributed by atoms with van der Waals surface area (Å²) in [4.78, 5) is 22.5. The number of hydrogen-bond donors (Lipinski definition) is 2. The Balaban J connectivity index is 2.08. The lowest BCUT2D eigenvalue weighted by molar-refractivity contribution is -0.134. The molecule has 0 heterocycles. The maximum atomic E-state index is 11.3. The molecule has 0 aromatic carbocycles. The number of aliphatic carboxylic acids is 2. The lowest BCUT2D eigenvalue weighted by Gasteiger charge is -2.34. The molecule has 4 nitrogen and oxygen atoms in total. The van der Waals surface area contributed by atoms with Crippen LogP contribution in [0, 0.1) is 23.2 Å². The second-order valence-electron chi connectivity index (χ2n) is 5.74.